The number of ether oxygens (including phenoxy) is 1. The topological polar surface area (TPSA) is 119 Å². The summed E-state index contributed by atoms with van der Waals surface area (Å²) in [6.45, 7) is -0.314. The van der Waals surface area contributed by atoms with Crippen LogP contribution in [0.4, 0.5) is 5.69 Å². The number of rotatable bonds is 6. The Morgan fingerprint density at radius 3 is 2.48 bits per heavy atom. The molecule has 0 radical (unpaired) electrons. The Balaban J connectivity index is 1.68. The van der Waals surface area contributed by atoms with Gasteiger partial charge in [0.25, 0.3) is 17.5 Å². The highest BCUT2D eigenvalue weighted by molar-refractivity contribution is 6.24. The van der Waals surface area contributed by atoms with Crippen LogP contribution < -0.4 is 10.1 Å². The van der Waals surface area contributed by atoms with Crippen molar-refractivity contribution in [2.75, 3.05) is 13.7 Å². The van der Waals surface area contributed by atoms with Gasteiger partial charge in [0.2, 0.25) is 5.91 Å². The Labute approximate surface area is 153 Å². The third-order valence-corrected chi connectivity index (χ3v) is 4.12. The largest absolute Gasteiger partial charge is 0.497 e. The molecule has 0 aromatic heterocycles. The maximum absolute atomic E-state index is 12.4. The summed E-state index contributed by atoms with van der Waals surface area (Å²) in [5, 5.41) is 13.7. The molecule has 2 aromatic rings. The summed E-state index contributed by atoms with van der Waals surface area (Å²) in [6, 6.07) is 10.8. The van der Waals surface area contributed by atoms with E-state index in [9.17, 15) is 24.5 Å². The molecule has 1 aliphatic rings. The zero-order valence-corrected chi connectivity index (χ0v) is 14.3. The molecule has 0 saturated carbocycles. The molecule has 138 valence electrons. The van der Waals surface area contributed by atoms with Crippen LogP contribution in [0, 0.1) is 10.1 Å². The first-order valence-corrected chi connectivity index (χ1v) is 7.95. The van der Waals surface area contributed by atoms with Gasteiger partial charge in [0, 0.05) is 12.6 Å². The molecule has 9 nitrogen and oxygen atoms in total. The van der Waals surface area contributed by atoms with Gasteiger partial charge in [-0.1, -0.05) is 18.2 Å². The summed E-state index contributed by atoms with van der Waals surface area (Å²) in [4.78, 5) is 48.0. The average Bonchev–Trinajstić information content (AvgIpc) is 2.91. The van der Waals surface area contributed by atoms with Gasteiger partial charge in [0.05, 0.1) is 17.6 Å². The molecule has 1 N–H and O–H groups in total. The molecule has 27 heavy (non-hydrogen) atoms. The van der Waals surface area contributed by atoms with Crippen LogP contribution in [0.15, 0.2) is 42.5 Å². The number of hydrogen-bond acceptors (Lipinski definition) is 6. The number of hydrogen-bond donors (Lipinski definition) is 1. The number of methoxy groups -OCH3 is 1. The van der Waals surface area contributed by atoms with Crippen molar-refractivity contribution in [1.82, 2.24) is 10.2 Å². The Bertz CT molecular complexity index is 939. The number of nitro groups is 1. The Hall–Kier alpha value is -3.75. The lowest BCUT2D eigenvalue weighted by Gasteiger charge is -2.13. The number of carbonyl (C=O) groups is 3. The third-order valence-electron chi connectivity index (χ3n) is 4.12. The van der Waals surface area contributed by atoms with Crippen LogP contribution >= 0.6 is 0 Å². The number of nitrogens with zero attached hydrogens (tertiary/aromatic N) is 2. The second-order valence-corrected chi connectivity index (χ2v) is 5.78. The lowest BCUT2D eigenvalue weighted by molar-refractivity contribution is -0.385. The van der Waals surface area contributed by atoms with Crippen LogP contribution in [-0.2, 0) is 11.3 Å². The smallest absolute Gasteiger partial charge is 0.282 e. The second-order valence-electron chi connectivity index (χ2n) is 5.78. The van der Waals surface area contributed by atoms with Crippen molar-refractivity contribution >= 4 is 23.4 Å². The fourth-order valence-electron chi connectivity index (χ4n) is 2.75. The van der Waals surface area contributed by atoms with Crippen LogP contribution in [0.1, 0.15) is 26.3 Å². The first kappa shape index (κ1) is 18.1. The molecule has 0 spiro atoms. The molecule has 0 fully saturated rings. The molecule has 0 saturated heterocycles. The standard InChI is InChI=1S/C18H15N3O6/c1-27-12-7-5-11(6-8-12)9-19-15(22)10-20-17(23)13-3-2-4-14(21(25)26)16(13)18(20)24/h2-8H,9-10H2,1H3,(H,19,22). The van der Waals surface area contributed by atoms with Gasteiger partial charge in [0.1, 0.15) is 17.9 Å². The predicted molar refractivity (Wildman–Crippen MR) is 93.3 cm³/mol. The highest BCUT2D eigenvalue weighted by Gasteiger charge is 2.41. The van der Waals surface area contributed by atoms with Crippen LogP contribution in [0.2, 0.25) is 0 Å². The van der Waals surface area contributed by atoms with Crippen LogP contribution in [0.25, 0.3) is 0 Å². The predicted octanol–water partition coefficient (Wildman–Crippen LogP) is 1.52. The van der Waals surface area contributed by atoms with E-state index in [1.807, 2.05) is 0 Å². The van der Waals surface area contributed by atoms with Crippen molar-refractivity contribution in [1.29, 1.82) is 0 Å². The maximum atomic E-state index is 12.4. The van der Waals surface area contributed by atoms with Crippen molar-refractivity contribution in [2.24, 2.45) is 0 Å². The van der Waals surface area contributed by atoms with Crippen molar-refractivity contribution in [3.63, 3.8) is 0 Å². The van der Waals surface area contributed by atoms with Crippen LogP contribution in [0.5, 0.6) is 5.75 Å². The van der Waals surface area contributed by atoms with Crippen LogP contribution in [0.3, 0.4) is 0 Å². The minimum Gasteiger partial charge on any atom is -0.497 e. The summed E-state index contributed by atoms with van der Waals surface area (Å²) in [5.41, 5.74) is 0.00162. The fourth-order valence-corrected chi connectivity index (χ4v) is 2.75. The average molecular weight is 369 g/mol. The molecular weight excluding hydrogens is 354 g/mol. The number of fused-ring (bicyclic) bond motifs is 1. The van der Waals surface area contributed by atoms with E-state index in [0.29, 0.717) is 10.6 Å². The zero-order valence-electron chi connectivity index (χ0n) is 14.3. The molecule has 0 aliphatic carbocycles. The van der Waals surface area contributed by atoms with Gasteiger partial charge < -0.3 is 10.1 Å². The van der Waals surface area contributed by atoms with E-state index >= 15 is 0 Å². The quantitative estimate of drug-likeness (QED) is 0.468. The zero-order chi connectivity index (χ0) is 19.6. The summed E-state index contributed by atoms with van der Waals surface area (Å²) < 4.78 is 5.05. The van der Waals surface area contributed by atoms with Crippen molar-refractivity contribution in [3.8, 4) is 5.75 Å². The molecule has 1 aliphatic heterocycles. The Morgan fingerprint density at radius 1 is 1.15 bits per heavy atom. The highest BCUT2D eigenvalue weighted by atomic mass is 16.6. The molecule has 3 amide bonds. The molecule has 9 heteroatoms. The maximum Gasteiger partial charge on any atom is 0.282 e. The van der Waals surface area contributed by atoms with Gasteiger partial charge in [-0.3, -0.25) is 29.4 Å². The summed E-state index contributed by atoms with van der Waals surface area (Å²) in [5.74, 6) is -1.44. The monoisotopic (exact) mass is 369 g/mol. The fraction of sp³-hybridized carbons (Fsp3) is 0.167. The minimum atomic E-state index is -0.845. The van der Waals surface area contributed by atoms with Gasteiger partial charge in [-0.15, -0.1) is 0 Å². The normalized spacial score (nSPS) is 12.7. The number of nitrogens with one attached hydrogen (secondary N) is 1. The van der Waals surface area contributed by atoms with Crippen molar-refractivity contribution in [3.05, 3.63) is 69.3 Å². The number of imide groups is 1. The van der Waals surface area contributed by atoms with Gasteiger partial charge in [-0.25, -0.2) is 0 Å². The molecule has 0 bridgehead atoms. The van der Waals surface area contributed by atoms with E-state index in [0.717, 1.165) is 11.6 Å². The van der Waals surface area contributed by atoms with E-state index < -0.39 is 34.9 Å². The van der Waals surface area contributed by atoms with Gasteiger partial charge in [-0.2, -0.15) is 0 Å². The molecule has 0 atom stereocenters. The van der Waals surface area contributed by atoms with Crippen molar-refractivity contribution in [2.45, 2.75) is 6.54 Å². The van der Waals surface area contributed by atoms with E-state index in [4.69, 9.17) is 4.74 Å². The van der Waals surface area contributed by atoms with E-state index in [2.05, 4.69) is 5.32 Å². The van der Waals surface area contributed by atoms with Gasteiger partial charge >= 0.3 is 0 Å². The van der Waals surface area contributed by atoms with Crippen molar-refractivity contribution < 1.29 is 24.0 Å². The molecule has 1 heterocycles. The first-order valence-electron chi connectivity index (χ1n) is 7.95. The van der Waals surface area contributed by atoms with Crippen LogP contribution in [-0.4, -0.2) is 41.2 Å². The van der Waals surface area contributed by atoms with E-state index in [-0.39, 0.29) is 17.7 Å². The highest BCUT2D eigenvalue weighted by Crippen LogP contribution is 2.30. The summed E-state index contributed by atoms with van der Waals surface area (Å²) in [7, 11) is 1.54. The summed E-state index contributed by atoms with van der Waals surface area (Å²) in [6.07, 6.45) is 0. The lowest BCUT2D eigenvalue weighted by Crippen LogP contribution is -2.40. The number of benzene rings is 2. The van der Waals surface area contributed by atoms with E-state index in [1.165, 1.54) is 12.1 Å². The molecule has 3 rings (SSSR count). The number of amides is 3. The molecule has 2 aromatic carbocycles. The third kappa shape index (κ3) is 3.47. The Morgan fingerprint density at radius 2 is 1.85 bits per heavy atom. The Kier molecular flexibility index (Phi) is 4.84. The number of nitro benzene ring substituents is 1. The SMILES string of the molecule is COc1ccc(CNC(=O)CN2C(=O)c3cccc([N+](=O)[O-])c3C2=O)cc1. The number of carbonyl (C=O) groups excluding carboxylic acids is 3. The van der Waals surface area contributed by atoms with Gasteiger partial charge in [0.15, 0.2) is 0 Å². The first-order chi connectivity index (χ1) is 12.9. The molecule has 0 unspecified atom stereocenters. The van der Waals surface area contributed by atoms with Gasteiger partial charge in [-0.05, 0) is 23.8 Å². The minimum absolute atomic E-state index is 0.0721. The molecular formula is C18H15N3O6. The van der Waals surface area contributed by atoms with E-state index in [1.54, 1.807) is 31.4 Å². The summed E-state index contributed by atoms with van der Waals surface area (Å²) >= 11 is 0. The lowest BCUT2D eigenvalue weighted by atomic mass is 10.1. The second kappa shape index (κ2) is 7.24.